The predicted octanol–water partition coefficient (Wildman–Crippen LogP) is 1.85. The zero-order valence-corrected chi connectivity index (χ0v) is 14.9. The molecule has 3 rings (SSSR count). The number of rotatable bonds is 6. The first-order chi connectivity index (χ1) is 12.9. The highest BCUT2D eigenvalue weighted by atomic mass is 32.2. The van der Waals surface area contributed by atoms with E-state index in [9.17, 15) is 14.7 Å². The molecule has 0 radical (unpaired) electrons. The van der Waals surface area contributed by atoms with Gasteiger partial charge >= 0.3 is 5.97 Å². The van der Waals surface area contributed by atoms with Gasteiger partial charge in [0, 0.05) is 5.69 Å². The van der Waals surface area contributed by atoms with Gasteiger partial charge in [0.05, 0.1) is 11.6 Å². The number of carboxylic acids is 1. The molecule has 1 unspecified atom stereocenters. The minimum Gasteiger partial charge on any atom is -0.507 e. The fourth-order valence-corrected chi connectivity index (χ4v) is 3.39. The molecule has 0 aliphatic carbocycles. The quantitative estimate of drug-likeness (QED) is 0.240. The SMILES string of the molecule is CCC(Sc1nc(N)nc2nc[nH]c12)C(=O)Nc1ccc(O)c(C(=O)O)c1. The third-order valence-corrected chi connectivity index (χ3v) is 5.03. The number of H-pyrrole nitrogens is 1. The molecule has 0 saturated carbocycles. The van der Waals surface area contributed by atoms with Gasteiger partial charge in [0.15, 0.2) is 5.65 Å². The lowest BCUT2D eigenvalue weighted by atomic mass is 10.1. The molecule has 2 heterocycles. The third kappa shape index (κ3) is 3.92. The van der Waals surface area contributed by atoms with Crippen LogP contribution in [0, 0.1) is 0 Å². The molecule has 1 aromatic carbocycles. The number of phenols is 1. The van der Waals surface area contributed by atoms with Crippen molar-refractivity contribution < 1.29 is 19.8 Å². The van der Waals surface area contributed by atoms with Crippen LogP contribution in [-0.2, 0) is 4.79 Å². The first-order valence-corrected chi connectivity index (χ1v) is 8.77. The van der Waals surface area contributed by atoms with E-state index in [2.05, 4.69) is 25.3 Å². The smallest absolute Gasteiger partial charge is 0.339 e. The zero-order chi connectivity index (χ0) is 19.6. The molecule has 140 valence electrons. The number of aromatic carboxylic acids is 1. The van der Waals surface area contributed by atoms with Gasteiger partial charge in [-0.25, -0.2) is 14.8 Å². The molecule has 3 aromatic rings. The lowest BCUT2D eigenvalue weighted by Crippen LogP contribution is -2.25. The molecule has 1 atom stereocenters. The van der Waals surface area contributed by atoms with Gasteiger partial charge in [-0.3, -0.25) is 4.79 Å². The Morgan fingerprint density at radius 3 is 2.85 bits per heavy atom. The van der Waals surface area contributed by atoms with Gasteiger partial charge in [0.1, 0.15) is 21.9 Å². The summed E-state index contributed by atoms with van der Waals surface area (Å²) in [5.74, 6) is -1.95. The summed E-state index contributed by atoms with van der Waals surface area (Å²) in [4.78, 5) is 38.9. The van der Waals surface area contributed by atoms with Crippen LogP contribution in [0.3, 0.4) is 0 Å². The molecule has 0 bridgehead atoms. The van der Waals surface area contributed by atoms with Crippen LogP contribution in [-0.4, -0.2) is 47.3 Å². The number of hydrogen-bond donors (Lipinski definition) is 5. The van der Waals surface area contributed by atoms with Crippen molar-refractivity contribution in [2.75, 3.05) is 11.1 Å². The minimum absolute atomic E-state index is 0.0528. The largest absolute Gasteiger partial charge is 0.507 e. The van der Waals surface area contributed by atoms with E-state index < -0.39 is 11.2 Å². The highest BCUT2D eigenvalue weighted by molar-refractivity contribution is 8.00. The number of carbonyl (C=O) groups excluding carboxylic acids is 1. The monoisotopic (exact) mass is 388 g/mol. The number of nitrogens with two attached hydrogens (primary N) is 1. The van der Waals surface area contributed by atoms with Gasteiger partial charge in [-0.15, -0.1) is 0 Å². The summed E-state index contributed by atoms with van der Waals surface area (Å²) in [5.41, 5.74) is 6.65. The average molecular weight is 388 g/mol. The van der Waals surface area contributed by atoms with Gasteiger partial charge in [-0.2, -0.15) is 4.98 Å². The number of thioether (sulfide) groups is 1. The summed E-state index contributed by atoms with van der Waals surface area (Å²) < 4.78 is 0. The Hall–Kier alpha value is -3.34. The fraction of sp³-hybridized carbons (Fsp3) is 0.188. The van der Waals surface area contributed by atoms with Crippen molar-refractivity contribution in [3.63, 3.8) is 0 Å². The maximum atomic E-state index is 12.6. The van der Waals surface area contributed by atoms with Crippen LogP contribution in [0.25, 0.3) is 11.2 Å². The molecule has 0 saturated heterocycles. The zero-order valence-electron chi connectivity index (χ0n) is 14.1. The van der Waals surface area contributed by atoms with Crippen molar-refractivity contribution >= 4 is 46.4 Å². The molecular weight excluding hydrogens is 372 g/mol. The van der Waals surface area contributed by atoms with Crippen LogP contribution in [0.5, 0.6) is 5.75 Å². The van der Waals surface area contributed by atoms with Gasteiger partial charge in [0.25, 0.3) is 0 Å². The van der Waals surface area contributed by atoms with E-state index in [0.29, 0.717) is 22.6 Å². The molecule has 0 fully saturated rings. The summed E-state index contributed by atoms with van der Waals surface area (Å²) in [5, 5.41) is 21.3. The summed E-state index contributed by atoms with van der Waals surface area (Å²) in [7, 11) is 0. The van der Waals surface area contributed by atoms with E-state index in [1.165, 1.54) is 36.3 Å². The number of aromatic amines is 1. The highest BCUT2D eigenvalue weighted by Gasteiger charge is 2.22. The number of benzene rings is 1. The number of aromatic nitrogens is 4. The maximum absolute atomic E-state index is 12.6. The first kappa shape index (κ1) is 18.5. The van der Waals surface area contributed by atoms with Crippen molar-refractivity contribution in [1.82, 2.24) is 19.9 Å². The number of carbonyl (C=O) groups is 2. The van der Waals surface area contributed by atoms with Crippen LogP contribution < -0.4 is 11.1 Å². The number of hydrogen-bond acceptors (Lipinski definition) is 8. The normalized spacial score (nSPS) is 12.0. The average Bonchev–Trinajstić information content (AvgIpc) is 3.09. The van der Waals surface area contributed by atoms with Gasteiger partial charge in [-0.1, -0.05) is 18.7 Å². The molecule has 0 aliphatic heterocycles. The van der Waals surface area contributed by atoms with Crippen LogP contribution in [0.2, 0.25) is 0 Å². The number of imidazole rings is 1. The summed E-state index contributed by atoms with van der Waals surface area (Å²) >= 11 is 1.20. The molecule has 6 N–H and O–H groups in total. The van der Waals surface area contributed by atoms with Crippen molar-refractivity contribution in [2.45, 2.75) is 23.6 Å². The molecule has 10 nitrogen and oxygen atoms in total. The van der Waals surface area contributed by atoms with E-state index in [1.54, 1.807) is 0 Å². The standard InChI is InChI=1S/C16H16N6O4S/c1-2-10(27-14-11-12(19-6-18-11)21-16(17)22-14)13(24)20-7-3-4-9(23)8(5-7)15(25)26/h3-6,10,23H,2H2,1H3,(H,20,24)(H,25,26)(H3,17,18,19,21,22). The Morgan fingerprint density at radius 1 is 1.37 bits per heavy atom. The number of aromatic hydroxyl groups is 1. The van der Waals surface area contributed by atoms with Crippen molar-refractivity contribution in [2.24, 2.45) is 0 Å². The topological polar surface area (TPSA) is 167 Å². The molecule has 0 aliphatic rings. The van der Waals surface area contributed by atoms with E-state index in [0.717, 1.165) is 0 Å². The Labute approximate surface area is 157 Å². The fourth-order valence-electron chi connectivity index (χ4n) is 2.37. The van der Waals surface area contributed by atoms with Gasteiger partial charge < -0.3 is 26.2 Å². The lowest BCUT2D eigenvalue weighted by Gasteiger charge is -2.15. The Bertz CT molecular complexity index is 1020. The van der Waals surface area contributed by atoms with E-state index in [1.807, 2.05) is 6.92 Å². The second kappa shape index (κ2) is 7.50. The summed E-state index contributed by atoms with van der Waals surface area (Å²) in [6.45, 7) is 1.84. The Balaban J connectivity index is 1.81. The number of nitrogen functional groups attached to an aromatic ring is 1. The van der Waals surface area contributed by atoms with Crippen LogP contribution in [0.1, 0.15) is 23.7 Å². The van der Waals surface area contributed by atoms with E-state index in [-0.39, 0.29) is 28.9 Å². The number of fused-ring (bicyclic) bond motifs is 1. The van der Waals surface area contributed by atoms with Crippen LogP contribution in [0.4, 0.5) is 11.6 Å². The van der Waals surface area contributed by atoms with Gasteiger partial charge in [0.2, 0.25) is 11.9 Å². The lowest BCUT2D eigenvalue weighted by molar-refractivity contribution is -0.115. The number of anilines is 2. The molecule has 0 spiro atoms. The molecule has 11 heteroatoms. The first-order valence-electron chi connectivity index (χ1n) is 7.89. The molecular formula is C16H16N6O4S. The third-order valence-electron chi connectivity index (χ3n) is 3.68. The van der Waals surface area contributed by atoms with Crippen molar-refractivity contribution in [3.05, 3.63) is 30.1 Å². The molecule has 1 amide bonds. The second-order valence-corrected chi connectivity index (χ2v) is 6.72. The van der Waals surface area contributed by atoms with Crippen LogP contribution in [0.15, 0.2) is 29.6 Å². The Kier molecular flexibility index (Phi) is 5.12. The number of carboxylic acid groups (broad SMARTS) is 1. The van der Waals surface area contributed by atoms with E-state index in [4.69, 9.17) is 10.8 Å². The van der Waals surface area contributed by atoms with Gasteiger partial charge in [-0.05, 0) is 24.6 Å². The Morgan fingerprint density at radius 2 is 2.15 bits per heavy atom. The van der Waals surface area contributed by atoms with Crippen molar-refractivity contribution in [3.8, 4) is 5.75 Å². The summed E-state index contributed by atoms with van der Waals surface area (Å²) in [6.07, 6.45) is 1.95. The highest BCUT2D eigenvalue weighted by Crippen LogP contribution is 2.30. The summed E-state index contributed by atoms with van der Waals surface area (Å²) in [6, 6.07) is 3.84. The number of nitrogens with one attached hydrogen (secondary N) is 2. The molecule has 27 heavy (non-hydrogen) atoms. The number of nitrogens with zero attached hydrogens (tertiary/aromatic N) is 3. The minimum atomic E-state index is -1.29. The van der Waals surface area contributed by atoms with Crippen molar-refractivity contribution in [1.29, 1.82) is 0 Å². The van der Waals surface area contributed by atoms with Crippen LogP contribution >= 0.6 is 11.8 Å². The molecule has 2 aromatic heterocycles. The van der Waals surface area contributed by atoms with E-state index >= 15 is 0 Å². The maximum Gasteiger partial charge on any atom is 0.339 e. The number of amides is 1. The predicted molar refractivity (Wildman–Crippen MR) is 99.7 cm³/mol. The second-order valence-electron chi connectivity index (χ2n) is 5.53.